The molecule has 0 saturated carbocycles. The van der Waals surface area contributed by atoms with E-state index in [9.17, 15) is 52.7 Å². The average Bonchev–Trinajstić information content (AvgIpc) is 3.71. The maximum atomic E-state index is 13.8. The van der Waals surface area contributed by atoms with Crippen molar-refractivity contribution in [1.82, 2.24) is 31.9 Å². The fourth-order valence-corrected chi connectivity index (χ4v) is 8.29. The van der Waals surface area contributed by atoms with Crippen molar-refractivity contribution in [2.45, 2.75) is 102 Å². The Morgan fingerprint density at radius 3 is 1.82 bits per heavy atom. The molecule has 1 saturated heterocycles. The molecular weight excluding hydrogens is 997 g/mol. The number of carbonyl (C=O) groups is 11. The molecule has 0 aromatic heterocycles. The standard InChI is InChI=1S/C52H60N6O18/c1-6-23-71-43(65)27-55-49(67)39(24-32-15-8-7-9-16-32)56-42(64)26-53-41(63)25-54-48(66)38(57-52(69)72-28-37-35-19-12-10-17-33(35)34-18-11-13-20-36(34)37)21-14-22-40(62)58-50-46(75-31(4)61)44(73-29(2)59)45(74-30(3)60)47(76-50)51(68)70-5/h6-13,15-20,23,37-39,44-47,50H,14,21-22,24-28H2,1-5H3,(H,53,63)(H,54,66)(H,55,67)(H,56,64)(H,57,69)(H,58,62)/b23-6+/t38-,39-,44-,45-,46+,47-,50-/m0/s1. The van der Waals surface area contributed by atoms with E-state index in [2.05, 4.69) is 31.9 Å². The molecule has 406 valence electrons. The van der Waals surface area contributed by atoms with Crippen molar-refractivity contribution in [1.29, 1.82) is 0 Å². The zero-order chi connectivity index (χ0) is 55.3. The van der Waals surface area contributed by atoms with E-state index < -0.39 is 134 Å². The van der Waals surface area contributed by atoms with Crippen molar-refractivity contribution in [2.24, 2.45) is 0 Å². The molecule has 6 amide bonds. The highest BCUT2D eigenvalue weighted by Gasteiger charge is 2.55. The van der Waals surface area contributed by atoms with Gasteiger partial charge in [-0.15, -0.1) is 0 Å². The van der Waals surface area contributed by atoms with Gasteiger partial charge in [-0.25, -0.2) is 14.4 Å². The van der Waals surface area contributed by atoms with Crippen LogP contribution in [0.5, 0.6) is 0 Å². The Kier molecular flexibility index (Phi) is 22.0. The molecule has 24 heteroatoms. The first-order valence-electron chi connectivity index (χ1n) is 24.0. The third-order valence-electron chi connectivity index (χ3n) is 11.6. The summed E-state index contributed by atoms with van der Waals surface area (Å²) in [4.78, 5) is 141. The van der Waals surface area contributed by atoms with Gasteiger partial charge in [-0.3, -0.25) is 38.4 Å². The maximum absolute atomic E-state index is 13.8. The highest BCUT2D eigenvalue weighted by molar-refractivity contribution is 5.93. The van der Waals surface area contributed by atoms with Gasteiger partial charge in [-0.05, 0) is 47.6 Å². The number of fused-ring (bicyclic) bond motifs is 3. The second kappa shape index (κ2) is 28.7. The third-order valence-corrected chi connectivity index (χ3v) is 11.6. The fraction of sp³-hybridized carbons (Fsp3) is 0.404. The summed E-state index contributed by atoms with van der Waals surface area (Å²) in [6.07, 6.45) is -7.67. The quantitative estimate of drug-likeness (QED) is 0.0414. The van der Waals surface area contributed by atoms with E-state index in [1.807, 2.05) is 48.5 Å². The number of amides is 6. The van der Waals surface area contributed by atoms with Gasteiger partial charge in [0.25, 0.3) is 0 Å². The van der Waals surface area contributed by atoms with Crippen LogP contribution in [0, 0.1) is 0 Å². The minimum atomic E-state index is -1.79. The van der Waals surface area contributed by atoms with Crippen LogP contribution >= 0.6 is 0 Å². The molecule has 3 aromatic rings. The minimum Gasteiger partial charge on any atom is -0.467 e. The number of allylic oxidation sites excluding steroid dienone is 1. The largest absolute Gasteiger partial charge is 0.467 e. The van der Waals surface area contributed by atoms with Gasteiger partial charge in [0.15, 0.2) is 30.6 Å². The van der Waals surface area contributed by atoms with Gasteiger partial charge in [-0.1, -0.05) is 84.9 Å². The normalized spacial score (nSPS) is 18.1. The highest BCUT2D eigenvalue weighted by atomic mass is 16.7. The van der Waals surface area contributed by atoms with Gasteiger partial charge in [-0.2, -0.15) is 0 Å². The number of ether oxygens (including phenoxy) is 7. The molecule has 5 rings (SSSR count). The second-order valence-electron chi connectivity index (χ2n) is 17.2. The highest BCUT2D eigenvalue weighted by Crippen LogP contribution is 2.44. The van der Waals surface area contributed by atoms with Crippen molar-refractivity contribution >= 4 is 65.5 Å². The minimum absolute atomic E-state index is 0.0275. The van der Waals surface area contributed by atoms with Crippen molar-refractivity contribution in [3.8, 4) is 11.1 Å². The number of hydrogen-bond acceptors (Lipinski definition) is 18. The van der Waals surface area contributed by atoms with Crippen molar-refractivity contribution < 1.29 is 85.9 Å². The fourth-order valence-electron chi connectivity index (χ4n) is 8.29. The van der Waals surface area contributed by atoms with Crippen LogP contribution in [0.25, 0.3) is 11.1 Å². The average molecular weight is 1060 g/mol. The number of carbonyl (C=O) groups excluding carboxylic acids is 11. The molecule has 0 unspecified atom stereocenters. The summed E-state index contributed by atoms with van der Waals surface area (Å²) in [6.45, 7) is 2.70. The van der Waals surface area contributed by atoms with Gasteiger partial charge in [0.1, 0.15) is 25.2 Å². The number of methoxy groups -OCH3 is 1. The van der Waals surface area contributed by atoms with Crippen molar-refractivity contribution in [3.05, 3.63) is 108 Å². The van der Waals surface area contributed by atoms with E-state index in [-0.39, 0.29) is 31.8 Å². The molecule has 3 aromatic carbocycles. The first-order chi connectivity index (χ1) is 36.4. The second-order valence-corrected chi connectivity index (χ2v) is 17.2. The molecule has 6 N–H and O–H groups in total. The van der Waals surface area contributed by atoms with E-state index in [1.165, 1.54) is 6.08 Å². The molecule has 7 atom stereocenters. The predicted octanol–water partition coefficient (Wildman–Crippen LogP) is 1.03. The summed E-state index contributed by atoms with van der Waals surface area (Å²) in [5.74, 6) is -9.02. The van der Waals surface area contributed by atoms with Gasteiger partial charge in [0.2, 0.25) is 29.5 Å². The SMILES string of the molecule is C/C=C/OC(=O)CNC(=O)[C@H](Cc1ccccc1)NC(=O)CNC(=O)CNC(=O)[C@H](CCCC(=O)N[C@H]1O[C@H](C(=O)OC)[C@@H](OC(C)=O)[C@H](OC(C)=O)[C@H]1OC(C)=O)NC(=O)OCC1c2ccccc2-c2ccccc21. The Hall–Kier alpha value is -8.67. The van der Waals surface area contributed by atoms with E-state index >= 15 is 0 Å². The van der Waals surface area contributed by atoms with Crippen LogP contribution in [-0.2, 0) is 87.5 Å². The van der Waals surface area contributed by atoms with Gasteiger partial charge >= 0.3 is 35.9 Å². The third kappa shape index (κ3) is 17.2. The molecular formula is C52H60N6O18. The van der Waals surface area contributed by atoms with Crippen LogP contribution < -0.4 is 31.9 Å². The zero-order valence-electron chi connectivity index (χ0n) is 42.3. The molecule has 1 aliphatic heterocycles. The molecule has 24 nitrogen and oxygen atoms in total. The number of hydrogen-bond donors (Lipinski definition) is 6. The Bertz CT molecular complexity index is 2600. The lowest BCUT2D eigenvalue weighted by atomic mass is 9.96. The van der Waals surface area contributed by atoms with Crippen LogP contribution in [0.3, 0.4) is 0 Å². The summed E-state index contributed by atoms with van der Waals surface area (Å²) in [7, 11) is 1.00. The van der Waals surface area contributed by atoms with Crippen LogP contribution in [0.1, 0.15) is 69.6 Å². The first kappa shape index (κ1) is 58.2. The van der Waals surface area contributed by atoms with E-state index in [4.69, 9.17) is 33.2 Å². The molecule has 76 heavy (non-hydrogen) atoms. The van der Waals surface area contributed by atoms with E-state index in [1.54, 1.807) is 37.3 Å². The van der Waals surface area contributed by atoms with Gasteiger partial charge < -0.3 is 65.1 Å². The summed E-state index contributed by atoms with van der Waals surface area (Å²) in [6, 6.07) is 21.3. The van der Waals surface area contributed by atoms with Crippen LogP contribution in [-0.4, -0.2) is 142 Å². The Morgan fingerprint density at radius 1 is 0.632 bits per heavy atom. The van der Waals surface area contributed by atoms with Crippen LogP contribution in [0.4, 0.5) is 4.79 Å². The van der Waals surface area contributed by atoms with Crippen LogP contribution in [0.2, 0.25) is 0 Å². The zero-order valence-corrected chi connectivity index (χ0v) is 42.3. The van der Waals surface area contributed by atoms with E-state index in [0.717, 1.165) is 56.4 Å². The smallest absolute Gasteiger partial charge is 0.407 e. The summed E-state index contributed by atoms with van der Waals surface area (Å²) in [5.41, 5.74) is 4.47. The maximum Gasteiger partial charge on any atom is 0.407 e. The summed E-state index contributed by atoms with van der Waals surface area (Å²) in [5, 5.41) is 14.7. The number of benzene rings is 3. The number of rotatable bonds is 24. The van der Waals surface area contributed by atoms with Gasteiger partial charge in [0.05, 0.1) is 26.5 Å². The molecule has 0 bridgehead atoms. The molecule has 1 heterocycles. The molecule has 0 radical (unpaired) electrons. The van der Waals surface area contributed by atoms with Gasteiger partial charge in [0, 0.05) is 39.5 Å². The Balaban J connectivity index is 1.24. The molecule has 2 aliphatic rings. The number of alkyl carbamates (subject to hydrolysis) is 1. The Morgan fingerprint density at radius 2 is 1.20 bits per heavy atom. The summed E-state index contributed by atoms with van der Waals surface area (Å²) >= 11 is 0. The number of nitrogens with one attached hydrogen (secondary N) is 6. The lowest BCUT2D eigenvalue weighted by molar-refractivity contribution is -0.252. The van der Waals surface area contributed by atoms with Crippen molar-refractivity contribution in [3.63, 3.8) is 0 Å². The molecule has 1 fully saturated rings. The number of esters is 5. The first-order valence-corrected chi connectivity index (χ1v) is 24.0. The molecule has 1 aliphatic carbocycles. The summed E-state index contributed by atoms with van der Waals surface area (Å²) < 4.78 is 37.0. The lowest BCUT2D eigenvalue weighted by Gasteiger charge is -2.43. The van der Waals surface area contributed by atoms with Crippen LogP contribution in [0.15, 0.2) is 91.2 Å². The lowest BCUT2D eigenvalue weighted by Crippen LogP contribution is -2.67. The topological polar surface area (TPSA) is 325 Å². The monoisotopic (exact) mass is 1060 g/mol. The predicted molar refractivity (Wildman–Crippen MR) is 263 cm³/mol. The van der Waals surface area contributed by atoms with E-state index in [0.29, 0.717) is 5.56 Å². The Labute approximate surface area is 436 Å². The van der Waals surface area contributed by atoms with Crippen molar-refractivity contribution in [2.75, 3.05) is 33.4 Å². The molecule has 0 spiro atoms.